The van der Waals surface area contributed by atoms with Crippen molar-refractivity contribution >= 4 is 50.4 Å². The topological polar surface area (TPSA) is 71.1 Å². The predicted molar refractivity (Wildman–Crippen MR) is 115 cm³/mol. The molecule has 140 valence electrons. The SMILES string of the molecule is CNC(=O)c1ccc(NC(=O)c2ccc(-c3nc4ccccc4s3)s2)c(C)c1. The molecular weight excluding hydrogens is 390 g/mol. The Hall–Kier alpha value is -3.03. The van der Waals surface area contributed by atoms with Crippen molar-refractivity contribution < 1.29 is 9.59 Å². The number of anilines is 1. The molecule has 0 aliphatic rings. The maximum Gasteiger partial charge on any atom is 0.265 e. The molecule has 7 heteroatoms. The Morgan fingerprint density at radius 2 is 1.79 bits per heavy atom. The number of thiophene rings is 1. The monoisotopic (exact) mass is 407 g/mol. The number of carbonyl (C=O) groups is 2. The first-order valence-electron chi connectivity index (χ1n) is 8.65. The molecule has 0 saturated carbocycles. The minimum absolute atomic E-state index is 0.153. The highest BCUT2D eigenvalue weighted by molar-refractivity contribution is 7.26. The lowest BCUT2D eigenvalue weighted by atomic mass is 10.1. The highest BCUT2D eigenvalue weighted by Crippen LogP contribution is 2.34. The third kappa shape index (κ3) is 3.54. The molecule has 28 heavy (non-hydrogen) atoms. The summed E-state index contributed by atoms with van der Waals surface area (Å²) in [5, 5.41) is 6.43. The molecule has 5 nitrogen and oxygen atoms in total. The second-order valence-corrected chi connectivity index (χ2v) is 8.33. The van der Waals surface area contributed by atoms with Gasteiger partial charge in [-0.15, -0.1) is 22.7 Å². The summed E-state index contributed by atoms with van der Waals surface area (Å²) < 4.78 is 1.13. The average Bonchev–Trinajstić information content (AvgIpc) is 3.35. The number of hydrogen-bond acceptors (Lipinski definition) is 5. The molecule has 2 aromatic heterocycles. The van der Waals surface area contributed by atoms with Crippen molar-refractivity contribution in [1.29, 1.82) is 0 Å². The first kappa shape index (κ1) is 18.3. The van der Waals surface area contributed by atoms with Crippen molar-refractivity contribution in [3.8, 4) is 9.88 Å². The van der Waals surface area contributed by atoms with Gasteiger partial charge in [-0.3, -0.25) is 9.59 Å². The lowest BCUT2D eigenvalue weighted by molar-refractivity contribution is 0.0962. The van der Waals surface area contributed by atoms with Gasteiger partial charge < -0.3 is 10.6 Å². The number of nitrogens with zero attached hydrogens (tertiary/aromatic N) is 1. The van der Waals surface area contributed by atoms with Crippen molar-refractivity contribution in [2.24, 2.45) is 0 Å². The molecule has 2 amide bonds. The third-order valence-electron chi connectivity index (χ3n) is 4.30. The predicted octanol–water partition coefficient (Wildman–Crippen LogP) is 4.95. The largest absolute Gasteiger partial charge is 0.355 e. The fraction of sp³-hybridized carbons (Fsp3) is 0.0952. The van der Waals surface area contributed by atoms with Gasteiger partial charge in [-0.05, 0) is 55.0 Å². The summed E-state index contributed by atoms with van der Waals surface area (Å²) in [7, 11) is 1.59. The fourth-order valence-electron chi connectivity index (χ4n) is 2.83. The fourth-order valence-corrected chi connectivity index (χ4v) is 4.75. The van der Waals surface area contributed by atoms with E-state index in [2.05, 4.69) is 15.6 Å². The molecule has 0 aliphatic heterocycles. The summed E-state index contributed by atoms with van der Waals surface area (Å²) in [5.74, 6) is -0.326. The van der Waals surface area contributed by atoms with Crippen LogP contribution in [0.3, 0.4) is 0 Å². The number of hydrogen-bond donors (Lipinski definition) is 2. The van der Waals surface area contributed by atoms with Gasteiger partial charge in [0, 0.05) is 18.3 Å². The number of nitrogens with one attached hydrogen (secondary N) is 2. The summed E-state index contributed by atoms with van der Waals surface area (Å²) in [6.45, 7) is 1.86. The molecule has 0 aliphatic carbocycles. The van der Waals surface area contributed by atoms with E-state index in [1.807, 2.05) is 43.3 Å². The van der Waals surface area contributed by atoms with E-state index >= 15 is 0 Å². The van der Waals surface area contributed by atoms with E-state index in [-0.39, 0.29) is 11.8 Å². The Labute approximate surface area is 170 Å². The van der Waals surface area contributed by atoms with E-state index in [1.165, 1.54) is 11.3 Å². The van der Waals surface area contributed by atoms with Crippen molar-refractivity contribution in [3.05, 3.63) is 70.6 Å². The lowest BCUT2D eigenvalue weighted by Gasteiger charge is -2.09. The number of aryl methyl sites for hydroxylation is 1. The third-order valence-corrected chi connectivity index (χ3v) is 6.59. The summed E-state index contributed by atoms with van der Waals surface area (Å²) in [6, 6.07) is 16.9. The number of fused-ring (bicyclic) bond motifs is 1. The van der Waals surface area contributed by atoms with Gasteiger partial charge in [0.25, 0.3) is 11.8 Å². The molecule has 2 N–H and O–H groups in total. The Balaban J connectivity index is 1.54. The highest BCUT2D eigenvalue weighted by atomic mass is 32.1. The molecule has 0 spiro atoms. The van der Waals surface area contributed by atoms with Crippen LogP contribution in [0.4, 0.5) is 5.69 Å². The normalized spacial score (nSPS) is 10.8. The van der Waals surface area contributed by atoms with Gasteiger partial charge in [-0.25, -0.2) is 4.98 Å². The van der Waals surface area contributed by atoms with Crippen LogP contribution in [0.5, 0.6) is 0 Å². The second-order valence-electron chi connectivity index (χ2n) is 6.21. The maximum absolute atomic E-state index is 12.7. The zero-order chi connectivity index (χ0) is 19.7. The molecule has 0 fully saturated rings. The lowest BCUT2D eigenvalue weighted by Crippen LogP contribution is -2.18. The number of carbonyl (C=O) groups excluding carboxylic acids is 2. The van der Waals surface area contributed by atoms with Crippen molar-refractivity contribution in [1.82, 2.24) is 10.3 Å². The first-order chi connectivity index (χ1) is 13.5. The van der Waals surface area contributed by atoms with Crippen molar-refractivity contribution in [3.63, 3.8) is 0 Å². The van der Waals surface area contributed by atoms with E-state index in [0.717, 1.165) is 25.7 Å². The zero-order valence-electron chi connectivity index (χ0n) is 15.3. The summed E-state index contributed by atoms with van der Waals surface area (Å²) in [4.78, 5) is 30.6. The number of benzene rings is 2. The number of thiazole rings is 1. The van der Waals surface area contributed by atoms with Gasteiger partial charge in [0.15, 0.2) is 0 Å². The van der Waals surface area contributed by atoms with E-state index in [0.29, 0.717) is 16.1 Å². The molecule has 2 aromatic carbocycles. The number of amides is 2. The van der Waals surface area contributed by atoms with Gasteiger partial charge in [0.2, 0.25) is 0 Å². The van der Waals surface area contributed by atoms with Crippen LogP contribution >= 0.6 is 22.7 Å². The number of rotatable bonds is 4. The van der Waals surface area contributed by atoms with Crippen LogP contribution in [0.25, 0.3) is 20.1 Å². The number of para-hydroxylation sites is 1. The molecule has 0 bridgehead atoms. The Morgan fingerprint density at radius 1 is 0.964 bits per heavy atom. The highest BCUT2D eigenvalue weighted by Gasteiger charge is 2.15. The zero-order valence-corrected chi connectivity index (χ0v) is 16.9. The quantitative estimate of drug-likeness (QED) is 0.503. The van der Waals surface area contributed by atoms with Gasteiger partial charge >= 0.3 is 0 Å². The first-order valence-corrected chi connectivity index (χ1v) is 10.3. The number of aromatic nitrogens is 1. The van der Waals surface area contributed by atoms with Crippen molar-refractivity contribution in [2.75, 3.05) is 12.4 Å². The summed E-state index contributed by atoms with van der Waals surface area (Å²) in [5.41, 5.74) is 3.05. The van der Waals surface area contributed by atoms with E-state index < -0.39 is 0 Å². The van der Waals surface area contributed by atoms with Crippen LogP contribution in [0.15, 0.2) is 54.6 Å². The smallest absolute Gasteiger partial charge is 0.265 e. The van der Waals surface area contributed by atoms with Crippen LogP contribution in [0.1, 0.15) is 25.6 Å². The van der Waals surface area contributed by atoms with Gasteiger partial charge in [0.05, 0.1) is 20.0 Å². The van der Waals surface area contributed by atoms with E-state index in [1.54, 1.807) is 36.6 Å². The maximum atomic E-state index is 12.7. The summed E-state index contributed by atoms with van der Waals surface area (Å²) in [6.07, 6.45) is 0. The van der Waals surface area contributed by atoms with Crippen LogP contribution < -0.4 is 10.6 Å². The Morgan fingerprint density at radius 3 is 2.54 bits per heavy atom. The van der Waals surface area contributed by atoms with Crippen LogP contribution in [0.2, 0.25) is 0 Å². The van der Waals surface area contributed by atoms with Gasteiger partial charge in [0.1, 0.15) is 5.01 Å². The molecule has 2 heterocycles. The average molecular weight is 408 g/mol. The molecule has 4 aromatic rings. The van der Waals surface area contributed by atoms with E-state index in [4.69, 9.17) is 0 Å². The van der Waals surface area contributed by atoms with Crippen LogP contribution in [0, 0.1) is 6.92 Å². The molecule has 0 saturated heterocycles. The standard InChI is InChI=1S/C21H17N3O2S2/c1-12-11-13(19(25)22-2)7-8-14(12)23-20(26)17-9-10-18(27-17)21-24-15-5-3-4-6-16(15)28-21/h3-11H,1-2H3,(H,22,25)(H,23,26). The van der Waals surface area contributed by atoms with Crippen LogP contribution in [-0.2, 0) is 0 Å². The summed E-state index contributed by atoms with van der Waals surface area (Å²) >= 11 is 3.04. The van der Waals surface area contributed by atoms with Gasteiger partial charge in [-0.1, -0.05) is 12.1 Å². The molecule has 0 unspecified atom stereocenters. The minimum Gasteiger partial charge on any atom is -0.355 e. The van der Waals surface area contributed by atoms with Gasteiger partial charge in [-0.2, -0.15) is 0 Å². The second kappa shape index (κ2) is 7.53. The van der Waals surface area contributed by atoms with Crippen molar-refractivity contribution in [2.45, 2.75) is 6.92 Å². The molecular formula is C21H17N3O2S2. The van der Waals surface area contributed by atoms with E-state index in [9.17, 15) is 9.59 Å². The Kier molecular flexibility index (Phi) is 4.93. The minimum atomic E-state index is -0.173. The Bertz CT molecular complexity index is 1160. The van der Waals surface area contributed by atoms with Crippen LogP contribution in [-0.4, -0.2) is 23.8 Å². The molecule has 0 atom stereocenters. The molecule has 4 rings (SSSR count). The molecule has 0 radical (unpaired) electrons.